The van der Waals surface area contributed by atoms with Crippen LogP contribution in [0.5, 0.6) is 0 Å². The lowest BCUT2D eigenvalue weighted by molar-refractivity contribution is 0.810. The Morgan fingerprint density at radius 3 is 2.38 bits per heavy atom. The fourth-order valence-electron chi connectivity index (χ4n) is 1.73. The summed E-state index contributed by atoms with van der Waals surface area (Å²) in [5, 5.41) is 1.54. The highest BCUT2D eigenvalue weighted by atomic mass is 35.5. The Bertz CT molecular complexity index is 304. The molecule has 1 aliphatic rings. The first kappa shape index (κ1) is 9.32. The summed E-state index contributed by atoms with van der Waals surface area (Å²) >= 11 is 12.1. The van der Waals surface area contributed by atoms with E-state index < -0.39 is 0 Å². The number of nitrogens with two attached hydrogens (primary N) is 1. The zero-order chi connectivity index (χ0) is 9.42. The van der Waals surface area contributed by atoms with E-state index in [9.17, 15) is 0 Å². The predicted molar refractivity (Wildman–Crippen MR) is 56.4 cm³/mol. The van der Waals surface area contributed by atoms with Gasteiger partial charge in [0.05, 0.1) is 0 Å². The van der Waals surface area contributed by atoms with Crippen molar-refractivity contribution in [1.29, 1.82) is 0 Å². The van der Waals surface area contributed by atoms with Crippen LogP contribution in [0, 0.1) is 5.92 Å². The van der Waals surface area contributed by atoms with Gasteiger partial charge in [-0.15, -0.1) is 0 Å². The summed E-state index contributed by atoms with van der Waals surface area (Å²) in [6, 6.07) is 5.64. The zero-order valence-corrected chi connectivity index (χ0v) is 8.65. The second-order valence-electron chi connectivity index (χ2n) is 3.47. The average Bonchev–Trinajstić information content (AvgIpc) is 2.83. The second-order valence-corrected chi connectivity index (χ2v) is 4.29. The summed E-state index contributed by atoms with van der Waals surface area (Å²) in [6.45, 7) is 0.728. The van der Waals surface area contributed by atoms with Gasteiger partial charge in [-0.25, -0.2) is 0 Å². The van der Waals surface area contributed by atoms with Crippen molar-refractivity contribution < 1.29 is 0 Å². The Hall–Kier alpha value is -0.240. The molecular weight excluding hydrogens is 205 g/mol. The zero-order valence-electron chi connectivity index (χ0n) is 7.13. The number of hydrogen-bond donors (Lipinski definition) is 1. The molecule has 0 spiro atoms. The highest BCUT2D eigenvalue weighted by molar-refractivity contribution is 6.36. The first-order valence-corrected chi connectivity index (χ1v) is 5.13. The number of benzene rings is 1. The van der Waals surface area contributed by atoms with Crippen LogP contribution in [0.1, 0.15) is 17.9 Å². The summed E-state index contributed by atoms with van der Waals surface area (Å²) in [6.07, 6.45) is 1.12. The van der Waals surface area contributed by atoms with Gasteiger partial charge in [-0.05, 0) is 42.5 Å². The molecule has 1 saturated carbocycles. The molecule has 1 nitrogen and oxygen atoms in total. The van der Waals surface area contributed by atoms with E-state index in [1.54, 1.807) is 0 Å². The minimum absolute atomic E-state index is 0.492. The van der Waals surface area contributed by atoms with E-state index in [0.29, 0.717) is 11.8 Å². The lowest BCUT2D eigenvalue weighted by Crippen LogP contribution is -2.02. The molecule has 0 aliphatic heterocycles. The maximum Gasteiger partial charge on any atom is 0.0455 e. The molecule has 2 rings (SSSR count). The molecule has 0 saturated heterocycles. The molecule has 0 unspecified atom stereocenters. The van der Waals surface area contributed by atoms with E-state index in [4.69, 9.17) is 28.9 Å². The maximum atomic E-state index is 6.06. The van der Waals surface area contributed by atoms with E-state index in [1.807, 2.05) is 18.2 Å². The number of rotatable bonds is 2. The van der Waals surface area contributed by atoms with Crippen LogP contribution in [0.3, 0.4) is 0 Å². The van der Waals surface area contributed by atoms with E-state index in [1.165, 1.54) is 0 Å². The van der Waals surface area contributed by atoms with Crippen molar-refractivity contribution in [3.63, 3.8) is 0 Å². The molecule has 2 atom stereocenters. The molecule has 70 valence electrons. The fourth-order valence-corrected chi connectivity index (χ4v) is 2.40. The average molecular weight is 216 g/mol. The fraction of sp³-hybridized carbons (Fsp3) is 0.400. The van der Waals surface area contributed by atoms with E-state index in [2.05, 4.69) is 0 Å². The van der Waals surface area contributed by atoms with Crippen LogP contribution in [0.15, 0.2) is 18.2 Å². The van der Waals surface area contributed by atoms with Gasteiger partial charge in [0, 0.05) is 10.0 Å². The topological polar surface area (TPSA) is 26.0 Å². The molecule has 2 N–H and O–H groups in total. The Morgan fingerprint density at radius 2 is 1.92 bits per heavy atom. The minimum atomic E-state index is 0.492. The van der Waals surface area contributed by atoms with Crippen molar-refractivity contribution in [3.8, 4) is 0 Å². The molecule has 1 aromatic carbocycles. The smallest absolute Gasteiger partial charge is 0.0455 e. The van der Waals surface area contributed by atoms with Crippen LogP contribution in [-0.4, -0.2) is 6.54 Å². The minimum Gasteiger partial charge on any atom is -0.330 e. The van der Waals surface area contributed by atoms with Gasteiger partial charge < -0.3 is 5.73 Å². The van der Waals surface area contributed by atoms with Crippen molar-refractivity contribution >= 4 is 23.2 Å². The molecule has 0 amide bonds. The third-order valence-corrected chi connectivity index (χ3v) is 3.26. The molecule has 13 heavy (non-hydrogen) atoms. The molecule has 0 heterocycles. The third kappa shape index (κ3) is 1.69. The monoisotopic (exact) mass is 215 g/mol. The first-order chi connectivity index (χ1) is 6.24. The van der Waals surface area contributed by atoms with E-state index >= 15 is 0 Å². The van der Waals surface area contributed by atoms with Gasteiger partial charge in [0.15, 0.2) is 0 Å². The quantitative estimate of drug-likeness (QED) is 0.807. The number of halogens is 2. The molecule has 0 radical (unpaired) electrons. The van der Waals surface area contributed by atoms with Crippen molar-refractivity contribution in [1.82, 2.24) is 0 Å². The van der Waals surface area contributed by atoms with Gasteiger partial charge in [-0.2, -0.15) is 0 Å². The predicted octanol–water partition coefficient (Wildman–Crippen LogP) is 3.06. The molecule has 3 heteroatoms. The van der Waals surface area contributed by atoms with Crippen LogP contribution in [0.4, 0.5) is 0 Å². The molecule has 0 bridgehead atoms. The van der Waals surface area contributed by atoms with Crippen LogP contribution < -0.4 is 5.73 Å². The van der Waals surface area contributed by atoms with Gasteiger partial charge in [0.1, 0.15) is 0 Å². The van der Waals surface area contributed by atoms with Crippen LogP contribution in [0.25, 0.3) is 0 Å². The summed E-state index contributed by atoms with van der Waals surface area (Å²) in [7, 11) is 0. The largest absolute Gasteiger partial charge is 0.330 e. The van der Waals surface area contributed by atoms with E-state index in [-0.39, 0.29) is 0 Å². The van der Waals surface area contributed by atoms with Gasteiger partial charge in [-0.3, -0.25) is 0 Å². The van der Waals surface area contributed by atoms with Gasteiger partial charge in [0.25, 0.3) is 0 Å². The standard InChI is InChI=1S/C10H11Cl2N/c11-8-2-1-3-9(12)10(8)7-4-6(7)5-13/h1-3,6-7H,4-5,13H2/t6-,7+/m0/s1. The first-order valence-electron chi connectivity index (χ1n) is 4.38. The van der Waals surface area contributed by atoms with Crippen LogP contribution in [-0.2, 0) is 0 Å². The van der Waals surface area contributed by atoms with Crippen LogP contribution in [0.2, 0.25) is 10.0 Å². The van der Waals surface area contributed by atoms with Gasteiger partial charge in [-0.1, -0.05) is 29.3 Å². The van der Waals surface area contributed by atoms with Gasteiger partial charge >= 0.3 is 0 Å². The molecule has 0 aromatic heterocycles. The molecular formula is C10H11Cl2N. The normalized spacial score (nSPS) is 26.1. The van der Waals surface area contributed by atoms with Crippen molar-refractivity contribution in [2.45, 2.75) is 12.3 Å². The second kappa shape index (κ2) is 3.49. The Morgan fingerprint density at radius 1 is 1.31 bits per heavy atom. The Kier molecular flexibility index (Phi) is 2.50. The van der Waals surface area contributed by atoms with Crippen molar-refractivity contribution in [2.24, 2.45) is 11.7 Å². The molecule has 1 aliphatic carbocycles. The Balaban J connectivity index is 2.30. The van der Waals surface area contributed by atoms with Crippen molar-refractivity contribution in [2.75, 3.05) is 6.54 Å². The maximum absolute atomic E-state index is 6.06. The summed E-state index contributed by atoms with van der Waals surface area (Å²) in [4.78, 5) is 0. The third-order valence-electron chi connectivity index (χ3n) is 2.60. The number of hydrogen-bond acceptors (Lipinski definition) is 1. The lowest BCUT2D eigenvalue weighted by Gasteiger charge is -2.04. The van der Waals surface area contributed by atoms with Gasteiger partial charge in [0.2, 0.25) is 0 Å². The van der Waals surface area contributed by atoms with Crippen molar-refractivity contribution in [3.05, 3.63) is 33.8 Å². The Labute approximate surface area is 87.8 Å². The van der Waals surface area contributed by atoms with E-state index in [0.717, 1.165) is 28.6 Å². The highest BCUT2D eigenvalue weighted by Gasteiger charge is 2.39. The summed E-state index contributed by atoms with van der Waals surface area (Å²) in [5.74, 6) is 1.07. The summed E-state index contributed by atoms with van der Waals surface area (Å²) < 4.78 is 0. The summed E-state index contributed by atoms with van der Waals surface area (Å²) in [5.41, 5.74) is 6.66. The lowest BCUT2D eigenvalue weighted by atomic mass is 10.1. The molecule has 1 aromatic rings. The molecule has 1 fully saturated rings. The van der Waals surface area contributed by atoms with Crippen LogP contribution >= 0.6 is 23.2 Å². The highest BCUT2D eigenvalue weighted by Crippen LogP contribution is 2.51. The SMILES string of the molecule is NC[C@@H]1C[C@H]1c1c(Cl)cccc1Cl.